The minimum Gasteiger partial charge on any atom is -0.496 e. The van der Waals surface area contributed by atoms with E-state index < -0.39 is 6.10 Å². The van der Waals surface area contributed by atoms with E-state index in [9.17, 15) is 5.11 Å². The molecule has 1 aliphatic carbocycles. The second kappa shape index (κ2) is 6.54. The molecule has 0 aliphatic heterocycles. The first-order valence-electron chi connectivity index (χ1n) is 7.30. The van der Waals surface area contributed by atoms with Gasteiger partial charge in [-0.1, -0.05) is 12.8 Å². The van der Waals surface area contributed by atoms with Crippen LogP contribution in [-0.2, 0) is 0 Å². The SMILES string of the molecule is COc1cc(OC)c(C(O)C2(CN)CCCC2)cc1OC. The molecule has 118 valence electrons. The van der Waals surface area contributed by atoms with Crippen molar-refractivity contribution in [1.82, 2.24) is 0 Å². The van der Waals surface area contributed by atoms with E-state index in [1.165, 1.54) is 0 Å². The Bertz CT molecular complexity index is 483. The summed E-state index contributed by atoms with van der Waals surface area (Å²) in [7, 11) is 4.74. The van der Waals surface area contributed by atoms with Crippen molar-refractivity contribution in [2.75, 3.05) is 27.9 Å². The number of aliphatic hydroxyl groups is 1. The van der Waals surface area contributed by atoms with Gasteiger partial charge in [0.15, 0.2) is 11.5 Å². The first-order chi connectivity index (χ1) is 10.1. The Kier molecular flexibility index (Phi) is 4.96. The molecule has 3 N–H and O–H groups in total. The van der Waals surface area contributed by atoms with Crippen LogP contribution in [0.15, 0.2) is 12.1 Å². The maximum Gasteiger partial charge on any atom is 0.164 e. The van der Waals surface area contributed by atoms with E-state index >= 15 is 0 Å². The number of benzene rings is 1. The van der Waals surface area contributed by atoms with Crippen molar-refractivity contribution in [2.24, 2.45) is 11.1 Å². The maximum atomic E-state index is 10.9. The largest absolute Gasteiger partial charge is 0.496 e. The summed E-state index contributed by atoms with van der Waals surface area (Å²) in [5.41, 5.74) is 6.41. The fourth-order valence-corrected chi connectivity index (χ4v) is 3.26. The molecule has 0 amide bonds. The van der Waals surface area contributed by atoms with Gasteiger partial charge in [0, 0.05) is 23.6 Å². The quantitative estimate of drug-likeness (QED) is 0.842. The monoisotopic (exact) mass is 295 g/mol. The molecular formula is C16H25NO4. The molecular weight excluding hydrogens is 270 g/mol. The van der Waals surface area contributed by atoms with Crippen LogP contribution in [0.2, 0.25) is 0 Å². The summed E-state index contributed by atoms with van der Waals surface area (Å²) in [6.07, 6.45) is 3.40. The number of aliphatic hydroxyl groups excluding tert-OH is 1. The van der Waals surface area contributed by atoms with Crippen molar-refractivity contribution in [3.8, 4) is 17.2 Å². The number of ether oxygens (including phenoxy) is 3. The lowest BCUT2D eigenvalue weighted by molar-refractivity contribution is 0.0313. The lowest BCUT2D eigenvalue weighted by atomic mass is 9.77. The zero-order valence-corrected chi connectivity index (χ0v) is 13.0. The molecule has 1 aromatic rings. The second-order valence-electron chi connectivity index (χ2n) is 5.63. The molecule has 1 unspecified atom stereocenters. The van der Waals surface area contributed by atoms with Gasteiger partial charge in [-0.2, -0.15) is 0 Å². The normalized spacial score (nSPS) is 18.3. The zero-order valence-electron chi connectivity index (χ0n) is 13.0. The van der Waals surface area contributed by atoms with E-state index in [4.69, 9.17) is 19.9 Å². The molecule has 0 aromatic heterocycles. The highest BCUT2D eigenvalue weighted by atomic mass is 16.5. The Morgan fingerprint density at radius 1 is 1.05 bits per heavy atom. The van der Waals surface area contributed by atoms with Crippen molar-refractivity contribution in [3.63, 3.8) is 0 Å². The summed E-state index contributed by atoms with van der Waals surface area (Å²) < 4.78 is 16.0. The third-order valence-corrected chi connectivity index (χ3v) is 4.62. The van der Waals surface area contributed by atoms with Gasteiger partial charge >= 0.3 is 0 Å². The van der Waals surface area contributed by atoms with Gasteiger partial charge in [-0.25, -0.2) is 0 Å². The van der Waals surface area contributed by atoms with Crippen molar-refractivity contribution in [1.29, 1.82) is 0 Å². The molecule has 0 heterocycles. The average Bonchev–Trinajstić information content (AvgIpc) is 3.02. The fourth-order valence-electron chi connectivity index (χ4n) is 3.26. The van der Waals surface area contributed by atoms with Crippen LogP contribution in [-0.4, -0.2) is 33.0 Å². The first-order valence-corrected chi connectivity index (χ1v) is 7.30. The van der Waals surface area contributed by atoms with E-state index in [0.29, 0.717) is 29.4 Å². The third-order valence-electron chi connectivity index (χ3n) is 4.62. The molecule has 5 nitrogen and oxygen atoms in total. The van der Waals surface area contributed by atoms with Crippen molar-refractivity contribution in [2.45, 2.75) is 31.8 Å². The number of methoxy groups -OCH3 is 3. The van der Waals surface area contributed by atoms with Gasteiger partial charge in [0.2, 0.25) is 0 Å². The smallest absolute Gasteiger partial charge is 0.164 e. The van der Waals surface area contributed by atoms with E-state index in [-0.39, 0.29) is 5.41 Å². The molecule has 1 saturated carbocycles. The summed E-state index contributed by atoms with van der Waals surface area (Å²) in [6.45, 7) is 0.464. The van der Waals surface area contributed by atoms with Crippen LogP contribution >= 0.6 is 0 Å². The Balaban J connectivity index is 2.46. The lowest BCUT2D eigenvalue weighted by Gasteiger charge is -2.34. The molecule has 1 fully saturated rings. The summed E-state index contributed by atoms with van der Waals surface area (Å²) in [6, 6.07) is 3.54. The van der Waals surface area contributed by atoms with Crippen LogP contribution in [0.4, 0.5) is 0 Å². The predicted octanol–water partition coefficient (Wildman–Crippen LogP) is 2.26. The minimum atomic E-state index is -0.667. The van der Waals surface area contributed by atoms with Gasteiger partial charge in [0.1, 0.15) is 5.75 Å². The summed E-state index contributed by atoms with van der Waals surface area (Å²) in [5.74, 6) is 1.76. The first kappa shape index (κ1) is 15.9. The van der Waals surface area contributed by atoms with E-state index in [1.807, 2.05) is 0 Å². The molecule has 1 atom stereocenters. The fraction of sp³-hybridized carbons (Fsp3) is 0.625. The maximum absolute atomic E-state index is 10.9. The Morgan fingerprint density at radius 3 is 2.05 bits per heavy atom. The highest BCUT2D eigenvalue weighted by Gasteiger charge is 2.41. The number of hydrogen-bond acceptors (Lipinski definition) is 5. The number of hydrogen-bond donors (Lipinski definition) is 2. The second-order valence-corrected chi connectivity index (χ2v) is 5.63. The van der Waals surface area contributed by atoms with E-state index in [2.05, 4.69) is 0 Å². The van der Waals surface area contributed by atoms with Crippen molar-refractivity contribution < 1.29 is 19.3 Å². The average molecular weight is 295 g/mol. The van der Waals surface area contributed by atoms with Gasteiger partial charge in [-0.15, -0.1) is 0 Å². The Labute approximate surface area is 126 Å². The summed E-state index contributed by atoms with van der Waals surface area (Å²) in [5, 5.41) is 10.9. The molecule has 2 rings (SSSR count). The molecule has 0 saturated heterocycles. The third kappa shape index (κ3) is 2.80. The van der Waals surface area contributed by atoms with Gasteiger partial charge in [-0.3, -0.25) is 0 Å². The molecule has 5 heteroatoms. The van der Waals surface area contributed by atoms with Gasteiger partial charge in [0.25, 0.3) is 0 Å². The summed E-state index contributed by atoms with van der Waals surface area (Å²) >= 11 is 0. The van der Waals surface area contributed by atoms with Crippen molar-refractivity contribution in [3.05, 3.63) is 17.7 Å². The highest BCUT2D eigenvalue weighted by Crippen LogP contribution is 2.50. The Hall–Kier alpha value is -1.46. The lowest BCUT2D eigenvalue weighted by Crippen LogP contribution is -2.34. The van der Waals surface area contributed by atoms with Crippen LogP contribution in [0.1, 0.15) is 37.4 Å². The molecule has 1 aromatic carbocycles. The van der Waals surface area contributed by atoms with Crippen LogP contribution in [0.3, 0.4) is 0 Å². The van der Waals surface area contributed by atoms with Crippen LogP contribution in [0.25, 0.3) is 0 Å². The molecule has 1 aliphatic rings. The standard InChI is InChI=1S/C16H25NO4/c1-19-12-9-14(21-3)13(20-2)8-11(12)15(18)16(10-17)6-4-5-7-16/h8-9,15,18H,4-7,10,17H2,1-3H3. The molecule has 21 heavy (non-hydrogen) atoms. The molecule has 0 radical (unpaired) electrons. The van der Waals surface area contributed by atoms with Crippen LogP contribution in [0, 0.1) is 5.41 Å². The number of rotatable bonds is 6. The predicted molar refractivity (Wildman–Crippen MR) is 81.0 cm³/mol. The topological polar surface area (TPSA) is 73.9 Å². The zero-order chi connectivity index (χ0) is 15.5. The summed E-state index contributed by atoms with van der Waals surface area (Å²) in [4.78, 5) is 0. The minimum absolute atomic E-state index is 0.271. The molecule has 0 bridgehead atoms. The van der Waals surface area contributed by atoms with Gasteiger partial charge in [-0.05, 0) is 18.9 Å². The Morgan fingerprint density at radius 2 is 1.57 bits per heavy atom. The molecule has 0 spiro atoms. The van der Waals surface area contributed by atoms with Crippen molar-refractivity contribution >= 4 is 0 Å². The van der Waals surface area contributed by atoms with E-state index in [1.54, 1.807) is 33.5 Å². The van der Waals surface area contributed by atoms with Gasteiger partial charge in [0.05, 0.1) is 27.4 Å². The van der Waals surface area contributed by atoms with Crippen LogP contribution in [0.5, 0.6) is 17.2 Å². The van der Waals surface area contributed by atoms with Gasteiger partial charge < -0.3 is 25.1 Å². The van der Waals surface area contributed by atoms with E-state index in [0.717, 1.165) is 25.7 Å². The van der Waals surface area contributed by atoms with Crippen LogP contribution < -0.4 is 19.9 Å². The highest BCUT2D eigenvalue weighted by molar-refractivity contribution is 5.52. The number of nitrogens with two attached hydrogens (primary N) is 1.